The van der Waals surface area contributed by atoms with Crippen LogP contribution in [-0.4, -0.2) is 33.5 Å². The lowest BCUT2D eigenvalue weighted by Gasteiger charge is -2.13. The summed E-state index contributed by atoms with van der Waals surface area (Å²) in [5.74, 6) is 0.750. The Labute approximate surface area is 139 Å². The van der Waals surface area contributed by atoms with Gasteiger partial charge in [-0.2, -0.15) is 0 Å². The molecule has 24 heavy (non-hydrogen) atoms. The van der Waals surface area contributed by atoms with Crippen molar-refractivity contribution < 1.29 is 9.53 Å². The molecule has 120 valence electrons. The number of ether oxygens (including phenoxy) is 1. The third-order valence-corrected chi connectivity index (χ3v) is 4.02. The summed E-state index contributed by atoms with van der Waals surface area (Å²) < 4.78 is 7.43. The van der Waals surface area contributed by atoms with Crippen molar-refractivity contribution in [1.29, 1.82) is 0 Å². The Kier molecular flexibility index (Phi) is 3.70. The van der Waals surface area contributed by atoms with Gasteiger partial charge in [-0.05, 0) is 23.8 Å². The Morgan fingerprint density at radius 2 is 2.04 bits per heavy atom. The topological polar surface area (TPSA) is 69.0 Å². The van der Waals surface area contributed by atoms with E-state index in [0.717, 1.165) is 12.2 Å². The SMILES string of the molecule is O=C(NC[C@@H]1Cc2ccccc2O1)c1ccccc1-n1ccnn1. The summed E-state index contributed by atoms with van der Waals surface area (Å²) in [6, 6.07) is 15.3. The summed E-state index contributed by atoms with van der Waals surface area (Å²) in [4.78, 5) is 12.6. The molecule has 1 aliphatic rings. The summed E-state index contributed by atoms with van der Waals surface area (Å²) in [6.07, 6.45) is 4.06. The number of carbonyl (C=O) groups is 1. The maximum absolute atomic E-state index is 12.6. The van der Waals surface area contributed by atoms with E-state index in [4.69, 9.17) is 4.74 Å². The first-order chi connectivity index (χ1) is 11.8. The minimum atomic E-state index is -0.152. The van der Waals surface area contributed by atoms with Crippen molar-refractivity contribution in [1.82, 2.24) is 20.3 Å². The molecule has 1 aliphatic heterocycles. The Bertz CT molecular complexity index is 836. The van der Waals surface area contributed by atoms with Gasteiger partial charge in [0.15, 0.2) is 0 Å². The largest absolute Gasteiger partial charge is 0.488 e. The van der Waals surface area contributed by atoms with Gasteiger partial charge in [-0.25, -0.2) is 4.68 Å². The first-order valence-corrected chi connectivity index (χ1v) is 7.80. The lowest BCUT2D eigenvalue weighted by atomic mass is 10.1. The van der Waals surface area contributed by atoms with Crippen molar-refractivity contribution in [2.24, 2.45) is 0 Å². The molecule has 0 unspecified atom stereocenters. The molecule has 1 amide bonds. The third-order valence-electron chi connectivity index (χ3n) is 4.02. The number of nitrogens with zero attached hydrogens (tertiary/aromatic N) is 3. The average Bonchev–Trinajstić information content (AvgIpc) is 3.28. The summed E-state index contributed by atoms with van der Waals surface area (Å²) in [6.45, 7) is 0.458. The number of aromatic nitrogens is 3. The van der Waals surface area contributed by atoms with Crippen LogP contribution < -0.4 is 10.1 Å². The van der Waals surface area contributed by atoms with Gasteiger partial charge in [0.25, 0.3) is 5.91 Å². The van der Waals surface area contributed by atoms with Gasteiger partial charge < -0.3 is 10.1 Å². The van der Waals surface area contributed by atoms with E-state index in [1.807, 2.05) is 36.4 Å². The van der Waals surface area contributed by atoms with E-state index in [0.29, 0.717) is 17.8 Å². The fourth-order valence-electron chi connectivity index (χ4n) is 2.87. The molecule has 0 bridgehead atoms. The van der Waals surface area contributed by atoms with Crippen LogP contribution in [0.15, 0.2) is 60.9 Å². The van der Waals surface area contributed by atoms with Gasteiger partial charge >= 0.3 is 0 Å². The highest BCUT2D eigenvalue weighted by Crippen LogP contribution is 2.27. The molecule has 2 heterocycles. The molecular weight excluding hydrogens is 304 g/mol. The fraction of sp³-hybridized carbons (Fsp3) is 0.167. The molecule has 1 atom stereocenters. The molecule has 1 N–H and O–H groups in total. The second-order valence-electron chi connectivity index (χ2n) is 5.63. The monoisotopic (exact) mass is 320 g/mol. The first kappa shape index (κ1) is 14.4. The molecule has 0 aliphatic carbocycles. The highest BCUT2D eigenvalue weighted by molar-refractivity contribution is 5.97. The fourth-order valence-corrected chi connectivity index (χ4v) is 2.87. The first-order valence-electron chi connectivity index (χ1n) is 7.80. The van der Waals surface area contributed by atoms with E-state index in [1.54, 1.807) is 23.1 Å². The summed E-state index contributed by atoms with van der Waals surface area (Å²) in [5.41, 5.74) is 2.43. The van der Waals surface area contributed by atoms with Crippen molar-refractivity contribution in [2.45, 2.75) is 12.5 Å². The predicted octanol–water partition coefficient (Wildman–Crippen LogP) is 2.00. The van der Waals surface area contributed by atoms with Gasteiger partial charge in [-0.15, -0.1) is 5.10 Å². The zero-order valence-electron chi connectivity index (χ0n) is 12.9. The number of para-hydroxylation sites is 2. The number of carbonyl (C=O) groups excluding carboxylic acids is 1. The number of benzene rings is 2. The van der Waals surface area contributed by atoms with Gasteiger partial charge in [-0.1, -0.05) is 35.5 Å². The number of hydrogen-bond acceptors (Lipinski definition) is 4. The lowest BCUT2D eigenvalue weighted by molar-refractivity contribution is 0.0933. The Morgan fingerprint density at radius 3 is 2.88 bits per heavy atom. The highest BCUT2D eigenvalue weighted by atomic mass is 16.5. The number of amides is 1. The van der Waals surface area contributed by atoms with Crippen LogP contribution in [0.4, 0.5) is 0 Å². The van der Waals surface area contributed by atoms with Crippen LogP contribution >= 0.6 is 0 Å². The molecule has 0 saturated carbocycles. The van der Waals surface area contributed by atoms with Crippen LogP contribution in [0.25, 0.3) is 5.69 Å². The van der Waals surface area contributed by atoms with Crippen molar-refractivity contribution in [3.63, 3.8) is 0 Å². The van der Waals surface area contributed by atoms with E-state index < -0.39 is 0 Å². The van der Waals surface area contributed by atoms with Crippen molar-refractivity contribution >= 4 is 5.91 Å². The van der Waals surface area contributed by atoms with Crippen molar-refractivity contribution in [2.75, 3.05) is 6.54 Å². The van der Waals surface area contributed by atoms with Crippen LogP contribution in [0.3, 0.4) is 0 Å². The van der Waals surface area contributed by atoms with E-state index in [1.165, 1.54) is 5.56 Å². The van der Waals surface area contributed by atoms with Crippen molar-refractivity contribution in [3.05, 3.63) is 72.1 Å². The zero-order valence-corrected chi connectivity index (χ0v) is 12.9. The molecule has 6 heteroatoms. The van der Waals surface area contributed by atoms with Crippen LogP contribution in [0.2, 0.25) is 0 Å². The molecule has 0 fully saturated rings. The van der Waals surface area contributed by atoms with Crippen LogP contribution in [0, 0.1) is 0 Å². The molecule has 0 saturated heterocycles. The Morgan fingerprint density at radius 1 is 1.21 bits per heavy atom. The Balaban J connectivity index is 1.45. The maximum Gasteiger partial charge on any atom is 0.253 e. The van der Waals surface area contributed by atoms with E-state index in [-0.39, 0.29) is 12.0 Å². The molecule has 1 aromatic heterocycles. The summed E-state index contributed by atoms with van der Waals surface area (Å²) in [5, 5.41) is 10.7. The molecule has 0 radical (unpaired) electrons. The van der Waals surface area contributed by atoms with Gasteiger partial charge in [0.1, 0.15) is 11.9 Å². The minimum absolute atomic E-state index is 0.0371. The molecule has 3 aromatic rings. The average molecular weight is 320 g/mol. The van der Waals surface area contributed by atoms with Gasteiger partial charge in [0.2, 0.25) is 0 Å². The minimum Gasteiger partial charge on any atom is -0.488 e. The standard InChI is InChI=1S/C18H16N4O2/c23-18(15-6-2-3-7-16(15)22-10-9-20-21-22)19-12-14-11-13-5-1-4-8-17(13)24-14/h1-10,14H,11-12H2,(H,19,23)/t14-/m0/s1. The van der Waals surface area contributed by atoms with Gasteiger partial charge in [-0.3, -0.25) is 4.79 Å². The number of fused-ring (bicyclic) bond motifs is 1. The van der Waals surface area contributed by atoms with E-state index in [9.17, 15) is 4.79 Å². The number of hydrogen-bond donors (Lipinski definition) is 1. The normalized spacial score (nSPS) is 15.6. The van der Waals surface area contributed by atoms with Crippen LogP contribution in [0.1, 0.15) is 15.9 Å². The van der Waals surface area contributed by atoms with Gasteiger partial charge in [0, 0.05) is 6.42 Å². The summed E-state index contributed by atoms with van der Waals surface area (Å²) >= 11 is 0. The molecule has 4 rings (SSSR count). The predicted molar refractivity (Wildman–Crippen MR) is 88.3 cm³/mol. The highest BCUT2D eigenvalue weighted by Gasteiger charge is 2.23. The third kappa shape index (κ3) is 2.74. The van der Waals surface area contributed by atoms with Gasteiger partial charge in [0.05, 0.1) is 30.2 Å². The van der Waals surface area contributed by atoms with Crippen LogP contribution in [0.5, 0.6) is 5.75 Å². The van der Waals surface area contributed by atoms with Crippen molar-refractivity contribution in [3.8, 4) is 11.4 Å². The second-order valence-corrected chi connectivity index (χ2v) is 5.63. The second kappa shape index (κ2) is 6.16. The Hall–Kier alpha value is -3.15. The zero-order chi connectivity index (χ0) is 16.4. The molecule has 6 nitrogen and oxygen atoms in total. The molecule has 0 spiro atoms. The maximum atomic E-state index is 12.6. The van der Waals surface area contributed by atoms with E-state index >= 15 is 0 Å². The van der Waals surface area contributed by atoms with E-state index in [2.05, 4.69) is 21.7 Å². The smallest absolute Gasteiger partial charge is 0.253 e. The summed E-state index contributed by atoms with van der Waals surface area (Å²) in [7, 11) is 0. The van der Waals surface area contributed by atoms with Crippen LogP contribution in [-0.2, 0) is 6.42 Å². The number of nitrogens with one attached hydrogen (secondary N) is 1. The molecular formula is C18H16N4O2. The number of rotatable bonds is 4. The quantitative estimate of drug-likeness (QED) is 0.798. The molecule has 2 aromatic carbocycles. The lowest BCUT2D eigenvalue weighted by Crippen LogP contribution is -2.34.